The van der Waals surface area contributed by atoms with Crippen molar-refractivity contribution in [3.8, 4) is 0 Å². The van der Waals surface area contributed by atoms with Crippen molar-refractivity contribution < 1.29 is 19.1 Å². The number of nitrogens with two attached hydrogens (primary N) is 1. The van der Waals surface area contributed by atoms with Gasteiger partial charge in [-0.15, -0.1) is 0 Å². The van der Waals surface area contributed by atoms with E-state index in [0.29, 0.717) is 26.1 Å². The average Bonchev–Trinajstić information content (AvgIpc) is 2.71. The van der Waals surface area contributed by atoms with Crippen LogP contribution in [0.5, 0.6) is 0 Å². The van der Waals surface area contributed by atoms with Crippen LogP contribution in [0.25, 0.3) is 0 Å². The Morgan fingerprint density at radius 2 is 1.52 bits per heavy atom. The number of alkyl carbamates (subject to hydrolysis) is 1. The summed E-state index contributed by atoms with van der Waals surface area (Å²) in [7, 11) is 0. The van der Waals surface area contributed by atoms with E-state index < -0.39 is 23.9 Å². The number of nitrogens with one attached hydrogen (secondary N) is 2. The van der Waals surface area contributed by atoms with Crippen LogP contribution in [0.1, 0.15) is 38.3 Å². The number of carbonyl (C=O) groups is 2. The van der Waals surface area contributed by atoms with E-state index in [-0.39, 0.29) is 5.91 Å². The third kappa shape index (κ3) is 10.1. The van der Waals surface area contributed by atoms with Gasteiger partial charge in [0, 0.05) is 12.8 Å². The van der Waals surface area contributed by atoms with E-state index in [9.17, 15) is 9.59 Å². The Balaban J connectivity index is 1.87. The van der Waals surface area contributed by atoms with E-state index in [1.807, 2.05) is 60.7 Å². The molecule has 2 aromatic carbocycles. The highest BCUT2D eigenvalue weighted by molar-refractivity contribution is 5.86. The Kier molecular flexibility index (Phi) is 9.49. The molecule has 2 rings (SSSR count). The molecule has 0 aliphatic rings. The predicted molar refractivity (Wildman–Crippen MR) is 120 cm³/mol. The largest absolute Gasteiger partial charge is 0.444 e. The summed E-state index contributed by atoms with van der Waals surface area (Å²) in [6.45, 7) is 6.19. The van der Waals surface area contributed by atoms with E-state index in [2.05, 4.69) is 10.6 Å². The van der Waals surface area contributed by atoms with E-state index in [1.165, 1.54) is 0 Å². The van der Waals surface area contributed by atoms with E-state index >= 15 is 0 Å². The second kappa shape index (κ2) is 12.1. The Morgan fingerprint density at radius 3 is 2.10 bits per heavy atom. The fraction of sp³-hybridized carbons (Fsp3) is 0.417. The van der Waals surface area contributed by atoms with Crippen LogP contribution >= 0.6 is 0 Å². The summed E-state index contributed by atoms with van der Waals surface area (Å²) in [6, 6.07) is 18.5. The van der Waals surface area contributed by atoms with Crippen molar-refractivity contribution in [2.75, 3.05) is 6.61 Å². The van der Waals surface area contributed by atoms with Gasteiger partial charge in [-0.3, -0.25) is 4.79 Å². The quantitative estimate of drug-likeness (QED) is 0.399. The molecule has 0 aromatic heterocycles. The molecule has 0 saturated heterocycles. The van der Waals surface area contributed by atoms with Gasteiger partial charge in [0.05, 0.1) is 19.4 Å². The second-order valence-electron chi connectivity index (χ2n) is 8.33. The van der Waals surface area contributed by atoms with Crippen molar-refractivity contribution in [1.82, 2.24) is 10.6 Å². The van der Waals surface area contributed by atoms with Gasteiger partial charge in [0.1, 0.15) is 11.6 Å². The Labute approximate surface area is 184 Å². The SMILES string of the molecule is CC(C)(C)OC(=O)N[C@@H](Cc1ccccc1)C(=O)N[C@@H](N)CCOCc1ccccc1. The highest BCUT2D eigenvalue weighted by Gasteiger charge is 2.25. The summed E-state index contributed by atoms with van der Waals surface area (Å²) in [5.74, 6) is -0.370. The standard InChI is InChI=1S/C24H33N3O4/c1-24(2,3)31-23(29)26-20(16-18-10-6-4-7-11-18)22(28)27-21(25)14-15-30-17-19-12-8-5-9-13-19/h4-13,20-21H,14-17,25H2,1-3H3,(H,26,29)(H,27,28)/t20-,21+/m0/s1. The van der Waals surface area contributed by atoms with Crippen LogP contribution in [-0.2, 0) is 27.3 Å². The van der Waals surface area contributed by atoms with E-state index in [0.717, 1.165) is 11.1 Å². The molecule has 0 bridgehead atoms. The first-order chi connectivity index (χ1) is 14.7. The molecule has 0 heterocycles. The average molecular weight is 428 g/mol. The molecule has 0 saturated carbocycles. The summed E-state index contributed by atoms with van der Waals surface area (Å²) in [5, 5.41) is 5.41. The molecule has 0 unspecified atom stereocenters. The first-order valence-corrected chi connectivity index (χ1v) is 10.4. The van der Waals surface area contributed by atoms with Gasteiger partial charge in [-0.05, 0) is 31.9 Å². The predicted octanol–water partition coefficient (Wildman–Crippen LogP) is 3.13. The van der Waals surface area contributed by atoms with Gasteiger partial charge in [0.25, 0.3) is 0 Å². The zero-order chi connectivity index (χ0) is 22.7. The molecule has 31 heavy (non-hydrogen) atoms. The molecular formula is C24H33N3O4. The van der Waals surface area contributed by atoms with Crippen LogP contribution < -0.4 is 16.4 Å². The number of ether oxygens (including phenoxy) is 2. The molecule has 0 aliphatic carbocycles. The van der Waals surface area contributed by atoms with Gasteiger partial charge in [0.2, 0.25) is 5.91 Å². The molecule has 2 amide bonds. The van der Waals surface area contributed by atoms with Gasteiger partial charge in [0.15, 0.2) is 0 Å². The van der Waals surface area contributed by atoms with Crippen LogP contribution in [0.3, 0.4) is 0 Å². The van der Waals surface area contributed by atoms with Crippen LogP contribution in [0.4, 0.5) is 4.79 Å². The van der Waals surface area contributed by atoms with Crippen molar-refractivity contribution in [2.45, 2.75) is 58.0 Å². The third-order valence-corrected chi connectivity index (χ3v) is 4.30. The molecule has 7 nitrogen and oxygen atoms in total. The Hall–Kier alpha value is -2.90. The molecule has 0 aliphatic heterocycles. The summed E-state index contributed by atoms with van der Waals surface area (Å²) in [5.41, 5.74) is 7.39. The van der Waals surface area contributed by atoms with Crippen molar-refractivity contribution in [1.29, 1.82) is 0 Å². The van der Waals surface area contributed by atoms with Gasteiger partial charge >= 0.3 is 6.09 Å². The second-order valence-corrected chi connectivity index (χ2v) is 8.33. The lowest BCUT2D eigenvalue weighted by Gasteiger charge is -2.24. The molecule has 0 spiro atoms. The highest BCUT2D eigenvalue weighted by atomic mass is 16.6. The first kappa shape index (κ1) is 24.4. The summed E-state index contributed by atoms with van der Waals surface area (Å²) < 4.78 is 10.9. The minimum Gasteiger partial charge on any atom is -0.444 e. The van der Waals surface area contributed by atoms with Crippen molar-refractivity contribution in [3.63, 3.8) is 0 Å². The van der Waals surface area contributed by atoms with Gasteiger partial charge in [-0.2, -0.15) is 0 Å². The zero-order valence-corrected chi connectivity index (χ0v) is 18.5. The van der Waals surface area contributed by atoms with Crippen molar-refractivity contribution in [2.24, 2.45) is 5.73 Å². The van der Waals surface area contributed by atoms with Gasteiger partial charge < -0.3 is 25.8 Å². The minimum absolute atomic E-state index is 0.323. The number of rotatable bonds is 10. The molecule has 2 aromatic rings. The molecule has 4 N–H and O–H groups in total. The fourth-order valence-electron chi connectivity index (χ4n) is 2.84. The number of hydrogen-bond donors (Lipinski definition) is 3. The van der Waals surface area contributed by atoms with Crippen LogP contribution in [0, 0.1) is 0 Å². The maximum atomic E-state index is 12.8. The smallest absolute Gasteiger partial charge is 0.408 e. The summed E-state index contributed by atoms with van der Waals surface area (Å²) in [6.07, 6.45) is -0.475. The molecular weight excluding hydrogens is 394 g/mol. The van der Waals surface area contributed by atoms with Gasteiger partial charge in [-0.25, -0.2) is 4.79 Å². The number of carbonyl (C=O) groups excluding carboxylic acids is 2. The number of benzene rings is 2. The minimum atomic E-state index is -0.812. The maximum absolute atomic E-state index is 12.8. The number of hydrogen-bond acceptors (Lipinski definition) is 5. The molecule has 2 atom stereocenters. The Bertz CT molecular complexity index is 807. The van der Waals surface area contributed by atoms with E-state index in [4.69, 9.17) is 15.2 Å². The van der Waals surface area contributed by atoms with Crippen LogP contribution in [0.15, 0.2) is 60.7 Å². The first-order valence-electron chi connectivity index (χ1n) is 10.4. The van der Waals surface area contributed by atoms with Crippen LogP contribution in [-0.4, -0.2) is 36.4 Å². The lowest BCUT2D eigenvalue weighted by Crippen LogP contribution is -2.53. The summed E-state index contributed by atoms with van der Waals surface area (Å²) >= 11 is 0. The fourth-order valence-corrected chi connectivity index (χ4v) is 2.84. The lowest BCUT2D eigenvalue weighted by molar-refractivity contribution is -0.124. The molecule has 0 fully saturated rings. The lowest BCUT2D eigenvalue weighted by atomic mass is 10.1. The normalized spacial score (nSPS) is 13.2. The van der Waals surface area contributed by atoms with Gasteiger partial charge in [-0.1, -0.05) is 60.7 Å². The van der Waals surface area contributed by atoms with E-state index in [1.54, 1.807) is 20.8 Å². The van der Waals surface area contributed by atoms with Crippen molar-refractivity contribution >= 4 is 12.0 Å². The highest BCUT2D eigenvalue weighted by Crippen LogP contribution is 2.09. The molecule has 168 valence electrons. The monoisotopic (exact) mass is 427 g/mol. The molecule has 0 radical (unpaired) electrons. The topological polar surface area (TPSA) is 103 Å². The maximum Gasteiger partial charge on any atom is 0.408 e. The summed E-state index contributed by atoms with van der Waals surface area (Å²) in [4.78, 5) is 25.0. The van der Waals surface area contributed by atoms with Crippen molar-refractivity contribution in [3.05, 3.63) is 71.8 Å². The zero-order valence-electron chi connectivity index (χ0n) is 18.5. The Morgan fingerprint density at radius 1 is 0.935 bits per heavy atom. The molecule has 7 heteroatoms. The van der Waals surface area contributed by atoms with Crippen LogP contribution in [0.2, 0.25) is 0 Å². The third-order valence-electron chi connectivity index (χ3n) is 4.30. The number of amides is 2.